The van der Waals surface area contributed by atoms with Gasteiger partial charge in [0.1, 0.15) is 0 Å². The molecule has 0 spiro atoms. The standard InChI is InChI=1S/C18H35O2Si2.3C4H9.Sn/c1-9-18(5)15-16(19-21(6,7)8)13-14-17(18)20-22(10-2,11-3)12-4;3*1-3-4-2;/h1,9,15,17H,10-14H2,2-8H3;3*1,3-4H2,2H3;/t17-,18+;;;;/m1..../s1. The van der Waals surface area contributed by atoms with Gasteiger partial charge in [-0.2, -0.15) is 0 Å². The van der Waals surface area contributed by atoms with Crippen LogP contribution in [0.4, 0.5) is 0 Å². The molecule has 2 atom stereocenters. The van der Waals surface area contributed by atoms with Crippen LogP contribution in [0.25, 0.3) is 0 Å². The van der Waals surface area contributed by atoms with Gasteiger partial charge in [0.05, 0.1) is 0 Å². The van der Waals surface area contributed by atoms with E-state index in [-0.39, 0.29) is 5.41 Å². The molecule has 0 amide bonds. The van der Waals surface area contributed by atoms with Crippen molar-refractivity contribution >= 4 is 35.0 Å². The van der Waals surface area contributed by atoms with Crippen molar-refractivity contribution in [2.45, 2.75) is 157 Å². The van der Waals surface area contributed by atoms with Crippen molar-refractivity contribution in [3.8, 4) is 0 Å². The van der Waals surface area contributed by atoms with Gasteiger partial charge in [0.2, 0.25) is 0 Å². The Balaban J connectivity index is 3.47. The Morgan fingerprint density at radius 1 is 0.886 bits per heavy atom. The summed E-state index contributed by atoms with van der Waals surface area (Å²) in [5, 5.41) is 0. The summed E-state index contributed by atoms with van der Waals surface area (Å²) in [6.45, 7) is 23.6. The van der Waals surface area contributed by atoms with Crippen molar-refractivity contribution in [1.29, 1.82) is 0 Å². The molecule has 206 valence electrons. The van der Waals surface area contributed by atoms with Crippen LogP contribution in [-0.2, 0) is 8.85 Å². The summed E-state index contributed by atoms with van der Waals surface area (Å²) in [5.41, 5.74) is -0.0438. The molecule has 0 fully saturated rings. The first-order chi connectivity index (χ1) is 16.5. The van der Waals surface area contributed by atoms with Gasteiger partial charge in [0, 0.05) is 0 Å². The Morgan fingerprint density at radius 2 is 1.37 bits per heavy atom. The molecule has 0 unspecified atom stereocenters. The fraction of sp³-hybridized carbons (Fsp3) is 0.867. The second-order valence-corrected chi connectivity index (χ2v) is 34.7. The van der Waals surface area contributed by atoms with Crippen molar-refractivity contribution in [3.05, 3.63) is 22.0 Å². The van der Waals surface area contributed by atoms with E-state index in [1.165, 1.54) is 75.7 Å². The summed E-state index contributed by atoms with van der Waals surface area (Å²) in [6, 6.07) is 3.68. The molecule has 0 bridgehead atoms. The third-order valence-corrected chi connectivity index (χ3v) is 28.0. The summed E-state index contributed by atoms with van der Waals surface area (Å²) in [7, 11) is -3.30. The molecule has 0 aromatic rings. The van der Waals surface area contributed by atoms with Crippen molar-refractivity contribution in [2.24, 2.45) is 5.41 Å². The molecule has 0 saturated carbocycles. The molecule has 0 saturated heterocycles. The average molecular weight is 630 g/mol. The van der Waals surface area contributed by atoms with Gasteiger partial charge in [0.25, 0.3) is 0 Å². The van der Waals surface area contributed by atoms with Gasteiger partial charge >= 0.3 is 228 Å². The van der Waals surface area contributed by atoms with Crippen LogP contribution in [0.15, 0.2) is 22.0 Å². The summed E-state index contributed by atoms with van der Waals surface area (Å²) < 4.78 is 21.3. The topological polar surface area (TPSA) is 18.5 Å². The average Bonchev–Trinajstić information content (AvgIpc) is 2.82. The molecular weight excluding hydrogens is 567 g/mol. The third kappa shape index (κ3) is 11.0. The first-order valence-corrected chi connectivity index (χ1v) is 28.9. The molecular formula is C30H62O2Si2Sn. The Hall–Kier alpha value is 0.472. The molecule has 0 aliphatic heterocycles. The van der Waals surface area contributed by atoms with Crippen LogP contribution in [0.3, 0.4) is 0 Å². The van der Waals surface area contributed by atoms with Crippen molar-refractivity contribution in [1.82, 2.24) is 0 Å². The zero-order chi connectivity index (χ0) is 26.6. The van der Waals surface area contributed by atoms with Crippen LogP contribution in [-0.4, -0.2) is 41.1 Å². The predicted octanol–water partition coefficient (Wildman–Crippen LogP) is 10.9. The Labute approximate surface area is 227 Å². The number of unbranched alkanes of at least 4 members (excludes halogenated alkanes) is 3. The molecule has 0 N–H and O–H groups in total. The summed E-state index contributed by atoms with van der Waals surface area (Å²) in [4.78, 5) is 0. The minimum absolute atomic E-state index is 0.0438. The number of allylic oxidation sites excluding steroid dienone is 1. The van der Waals surface area contributed by atoms with Gasteiger partial charge in [-0.15, -0.1) is 0 Å². The monoisotopic (exact) mass is 630 g/mol. The molecule has 0 radical (unpaired) electrons. The maximum absolute atomic E-state index is 7.25. The molecule has 2 nitrogen and oxygen atoms in total. The number of hydrogen-bond donors (Lipinski definition) is 0. The predicted molar refractivity (Wildman–Crippen MR) is 166 cm³/mol. The van der Waals surface area contributed by atoms with E-state index >= 15 is 0 Å². The van der Waals surface area contributed by atoms with Gasteiger partial charge in [-0.25, -0.2) is 0 Å². The van der Waals surface area contributed by atoms with E-state index in [9.17, 15) is 0 Å². The van der Waals surface area contributed by atoms with E-state index in [2.05, 4.69) is 84.4 Å². The van der Waals surface area contributed by atoms with Gasteiger partial charge in [0.15, 0.2) is 0 Å². The molecule has 1 aliphatic carbocycles. The molecule has 5 heteroatoms. The second-order valence-electron chi connectivity index (χ2n) is 12.6. The SMILES string of the molecule is CCC[CH2][Sn](/[CH]=C/[C@@]1(C)C=C(O[Si](C)(C)C)CC[C@H]1O[Si](CC)(CC)CC)([CH2]CCC)[CH2]CCC. The summed E-state index contributed by atoms with van der Waals surface area (Å²) in [5.74, 6) is 1.24. The molecule has 1 aliphatic rings. The first kappa shape index (κ1) is 33.5. The fourth-order valence-electron chi connectivity index (χ4n) is 5.78. The van der Waals surface area contributed by atoms with E-state index in [0.29, 0.717) is 6.10 Å². The summed E-state index contributed by atoms with van der Waals surface area (Å²) >= 11 is -2.37. The number of rotatable bonds is 18. The normalized spacial score (nSPS) is 22.0. The van der Waals surface area contributed by atoms with E-state index in [4.69, 9.17) is 8.85 Å². The van der Waals surface area contributed by atoms with Crippen LogP contribution in [0, 0.1) is 5.41 Å². The quantitative estimate of drug-likeness (QED) is 0.141. The van der Waals surface area contributed by atoms with Gasteiger partial charge < -0.3 is 0 Å². The van der Waals surface area contributed by atoms with Crippen LogP contribution < -0.4 is 0 Å². The first-order valence-electron chi connectivity index (χ1n) is 15.3. The Kier molecular flexibility index (Phi) is 15.1. The number of hydrogen-bond acceptors (Lipinski definition) is 2. The molecule has 0 aromatic carbocycles. The minimum atomic E-state index is -2.37. The fourth-order valence-corrected chi connectivity index (χ4v) is 24.4. The molecule has 1 rings (SSSR count). The van der Waals surface area contributed by atoms with Crippen molar-refractivity contribution in [3.63, 3.8) is 0 Å². The van der Waals surface area contributed by atoms with Crippen molar-refractivity contribution < 1.29 is 8.85 Å². The molecule has 0 aromatic heterocycles. The van der Waals surface area contributed by atoms with Gasteiger partial charge in [-0.3, -0.25) is 0 Å². The molecule has 35 heavy (non-hydrogen) atoms. The Bertz CT molecular complexity index is 621. The van der Waals surface area contributed by atoms with Crippen LogP contribution in [0.1, 0.15) is 99.8 Å². The zero-order valence-electron chi connectivity index (χ0n) is 25.5. The Morgan fingerprint density at radius 3 is 1.77 bits per heavy atom. The van der Waals surface area contributed by atoms with Gasteiger partial charge in [-0.05, 0) is 0 Å². The third-order valence-electron chi connectivity index (χ3n) is 8.46. The van der Waals surface area contributed by atoms with Gasteiger partial charge in [-0.1, -0.05) is 0 Å². The van der Waals surface area contributed by atoms with E-state index in [1.54, 1.807) is 0 Å². The molecule has 0 heterocycles. The van der Waals surface area contributed by atoms with Crippen LogP contribution >= 0.6 is 0 Å². The van der Waals surface area contributed by atoms with E-state index < -0.39 is 35.0 Å². The van der Waals surface area contributed by atoms with E-state index in [0.717, 1.165) is 12.8 Å². The van der Waals surface area contributed by atoms with Crippen LogP contribution in [0.2, 0.25) is 51.1 Å². The maximum atomic E-state index is 7.25. The van der Waals surface area contributed by atoms with Crippen LogP contribution in [0.5, 0.6) is 0 Å². The zero-order valence-corrected chi connectivity index (χ0v) is 30.4. The van der Waals surface area contributed by atoms with E-state index in [1.807, 2.05) is 0 Å². The summed E-state index contributed by atoms with van der Waals surface area (Å²) in [6.07, 6.45) is 15.9. The van der Waals surface area contributed by atoms with Crippen molar-refractivity contribution in [2.75, 3.05) is 0 Å². The second kappa shape index (κ2) is 15.8.